The molecule has 25 heavy (non-hydrogen) atoms. The molecule has 0 radical (unpaired) electrons. The zero-order valence-corrected chi connectivity index (χ0v) is 15.5. The molecule has 4 rings (SSSR count). The van der Waals surface area contributed by atoms with Crippen molar-refractivity contribution in [1.29, 1.82) is 0 Å². The largest absolute Gasteiger partial charge is 0.352 e. The zero-order valence-electron chi connectivity index (χ0n) is 15.5. The molecule has 4 fully saturated rings. The Morgan fingerprint density at radius 2 is 1.72 bits per heavy atom. The number of carbonyl (C=O) groups is 2. The van der Waals surface area contributed by atoms with Crippen molar-refractivity contribution < 1.29 is 9.59 Å². The van der Waals surface area contributed by atoms with Crippen LogP contribution in [0.3, 0.4) is 0 Å². The molecule has 0 saturated heterocycles. The van der Waals surface area contributed by atoms with Crippen LogP contribution >= 0.6 is 0 Å². The number of carbonyl (C=O) groups excluding carboxylic acids is 2. The summed E-state index contributed by atoms with van der Waals surface area (Å²) in [5.74, 6) is 2.87. The standard InChI is InChI=1S/C19H34N4O2/c1-23(17(24)16(20)3-2-5-22-18(21)25)6-4-19-10-13-7-14(11-19)9-15(8-13)12-19/h13-16H,2-12,20H2,1H3,(H3,21,22,25)/t13?,14?,15?,16-,19?/m0/s1. The van der Waals surface area contributed by atoms with Gasteiger partial charge in [0.1, 0.15) is 0 Å². The molecule has 0 unspecified atom stereocenters. The topological polar surface area (TPSA) is 101 Å². The van der Waals surface area contributed by atoms with Gasteiger partial charge in [-0.05, 0) is 81.0 Å². The first-order valence-electron chi connectivity index (χ1n) is 9.91. The lowest BCUT2D eigenvalue weighted by atomic mass is 9.49. The summed E-state index contributed by atoms with van der Waals surface area (Å²) in [7, 11) is 1.88. The molecule has 6 heteroatoms. The van der Waals surface area contributed by atoms with Crippen LogP contribution in [0, 0.1) is 23.2 Å². The second-order valence-corrected chi connectivity index (χ2v) is 8.97. The van der Waals surface area contributed by atoms with Gasteiger partial charge in [-0.1, -0.05) is 0 Å². The Labute approximate surface area is 151 Å². The molecular weight excluding hydrogens is 316 g/mol. The molecule has 0 heterocycles. The molecule has 142 valence electrons. The van der Waals surface area contributed by atoms with Crippen LogP contribution in [0.15, 0.2) is 0 Å². The van der Waals surface area contributed by atoms with E-state index in [-0.39, 0.29) is 5.91 Å². The third-order valence-electron chi connectivity index (χ3n) is 6.83. The van der Waals surface area contributed by atoms with Gasteiger partial charge in [-0.2, -0.15) is 0 Å². The lowest BCUT2D eigenvalue weighted by Crippen LogP contribution is -2.48. The molecule has 3 amide bonds. The summed E-state index contributed by atoms with van der Waals surface area (Å²) in [6, 6.07) is -1.02. The van der Waals surface area contributed by atoms with Crippen LogP contribution < -0.4 is 16.8 Å². The van der Waals surface area contributed by atoms with Crippen molar-refractivity contribution in [2.24, 2.45) is 34.6 Å². The highest BCUT2D eigenvalue weighted by atomic mass is 16.2. The van der Waals surface area contributed by atoms with Crippen molar-refractivity contribution in [3.63, 3.8) is 0 Å². The van der Waals surface area contributed by atoms with Gasteiger partial charge in [0.2, 0.25) is 5.91 Å². The SMILES string of the molecule is CN(CCC12CC3CC(CC(C3)C1)C2)C(=O)[C@@H](N)CCCNC(N)=O. The molecular formula is C19H34N4O2. The normalized spacial score (nSPS) is 33.9. The maximum Gasteiger partial charge on any atom is 0.312 e. The van der Waals surface area contributed by atoms with Crippen LogP contribution in [0.4, 0.5) is 4.79 Å². The minimum Gasteiger partial charge on any atom is -0.352 e. The average Bonchev–Trinajstić information content (AvgIpc) is 2.54. The van der Waals surface area contributed by atoms with Gasteiger partial charge in [0, 0.05) is 20.1 Å². The maximum atomic E-state index is 12.5. The Kier molecular flexibility index (Phi) is 5.56. The van der Waals surface area contributed by atoms with Gasteiger partial charge in [0.15, 0.2) is 0 Å². The van der Waals surface area contributed by atoms with E-state index in [4.69, 9.17) is 11.5 Å². The number of nitrogens with two attached hydrogens (primary N) is 2. The van der Waals surface area contributed by atoms with E-state index in [9.17, 15) is 9.59 Å². The number of rotatable bonds is 8. The number of primary amides is 1. The van der Waals surface area contributed by atoms with Gasteiger partial charge in [0.25, 0.3) is 0 Å². The highest BCUT2D eigenvalue weighted by Crippen LogP contribution is 2.61. The van der Waals surface area contributed by atoms with Crippen LogP contribution in [0.1, 0.15) is 57.8 Å². The van der Waals surface area contributed by atoms with E-state index in [2.05, 4.69) is 5.32 Å². The second kappa shape index (κ2) is 7.52. The number of hydrogen-bond acceptors (Lipinski definition) is 3. The number of nitrogens with one attached hydrogen (secondary N) is 1. The third kappa shape index (κ3) is 4.46. The summed E-state index contributed by atoms with van der Waals surface area (Å²) < 4.78 is 0. The van der Waals surface area contributed by atoms with Crippen molar-refractivity contribution in [3.05, 3.63) is 0 Å². The number of likely N-dealkylation sites (N-methyl/N-ethyl adjacent to an activating group) is 1. The molecule has 4 bridgehead atoms. The number of nitrogens with zero attached hydrogens (tertiary/aromatic N) is 1. The Balaban J connectivity index is 1.42. The van der Waals surface area contributed by atoms with Crippen LogP contribution in [-0.4, -0.2) is 43.0 Å². The Morgan fingerprint density at radius 1 is 1.16 bits per heavy atom. The van der Waals surface area contributed by atoms with E-state index in [1.807, 2.05) is 11.9 Å². The lowest BCUT2D eigenvalue weighted by molar-refractivity contribution is -0.132. The van der Waals surface area contributed by atoms with E-state index in [0.717, 1.165) is 30.7 Å². The van der Waals surface area contributed by atoms with Crippen molar-refractivity contribution in [1.82, 2.24) is 10.2 Å². The summed E-state index contributed by atoms with van der Waals surface area (Å²) in [5, 5.41) is 2.53. The monoisotopic (exact) mass is 350 g/mol. The number of hydrogen-bond donors (Lipinski definition) is 3. The van der Waals surface area contributed by atoms with Crippen LogP contribution in [0.2, 0.25) is 0 Å². The molecule has 0 aromatic carbocycles. The van der Waals surface area contributed by atoms with E-state index >= 15 is 0 Å². The van der Waals surface area contributed by atoms with Gasteiger partial charge in [0.05, 0.1) is 6.04 Å². The second-order valence-electron chi connectivity index (χ2n) is 8.97. The first-order chi connectivity index (χ1) is 11.9. The molecule has 4 aliphatic carbocycles. The smallest absolute Gasteiger partial charge is 0.312 e. The molecule has 0 aromatic heterocycles. The summed E-state index contributed by atoms with van der Waals surface area (Å²) in [6.45, 7) is 1.28. The molecule has 0 aliphatic heterocycles. The average molecular weight is 351 g/mol. The maximum absolute atomic E-state index is 12.5. The predicted molar refractivity (Wildman–Crippen MR) is 97.7 cm³/mol. The molecule has 4 saturated carbocycles. The molecule has 4 aliphatic rings. The summed E-state index contributed by atoms with van der Waals surface area (Å²) >= 11 is 0. The first-order valence-corrected chi connectivity index (χ1v) is 9.91. The van der Waals surface area contributed by atoms with Crippen molar-refractivity contribution in [2.45, 2.75) is 63.8 Å². The number of urea groups is 1. The minimum absolute atomic E-state index is 0.0174. The fraction of sp³-hybridized carbons (Fsp3) is 0.895. The molecule has 5 N–H and O–H groups in total. The van der Waals surface area contributed by atoms with Crippen molar-refractivity contribution >= 4 is 11.9 Å². The van der Waals surface area contributed by atoms with Crippen LogP contribution in [-0.2, 0) is 4.79 Å². The fourth-order valence-electron chi connectivity index (χ4n) is 6.05. The number of amides is 3. The van der Waals surface area contributed by atoms with Crippen molar-refractivity contribution in [2.75, 3.05) is 20.1 Å². The third-order valence-corrected chi connectivity index (χ3v) is 6.83. The Hall–Kier alpha value is -1.30. The molecule has 1 atom stereocenters. The lowest BCUT2D eigenvalue weighted by Gasteiger charge is -2.57. The van der Waals surface area contributed by atoms with Gasteiger partial charge in [-0.15, -0.1) is 0 Å². The van der Waals surface area contributed by atoms with E-state index in [1.165, 1.54) is 38.5 Å². The highest BCUT2D eigenvalue weighted by molar-refractivity contribution is 5.81. The van der Waals surface area contributed by atoms with Crippen LogP contribution in [0.5, 0.6) is 0 Å². The zero-order chi connectivity index (χ0) is 18.0. The van der Waals surface area contributed by atoms with Gasteiger partial charge in [-0.3, -0.25) is 4.79 Å². The first kappa shape index (κ1) is 18.5. The predicted octanol–water partition coefficient (Wildman–Crippen LogP) is 1.83. The molecule has 0 spiro atoms. The Morgan fingerprint density at radius 3 is 2.24 bits per heavy atom. The van der Waals surface area contributed by atoms with E-state index in [0.29, 0.717) is 24.8 Å². The summed E-state index contributed by atoms with van der Waals surface area (Å²) in [4.78, 5) is 24.9. The molecule has 0 aromatic rings. The molecule has 6 nitrogen and oxygen atoms in total. The van der Waals surface area contributed by atoms with Crippen molar-refractivity contribution in [3.8, 4) is 0 Å². The van der Waals surface area contributed by atoms with E-state index < -0.39 is 12.1 Å². The highest BCUT2D eigenvalue weighted by Gasteiger charge is 2.50. The van der Waals surface area contributed by atoms with Gasteiger partial charge >= 0.3 is 6.03 Å². The Bertz CT molecular complexity index is 472. The summed E-state index contributed by atoms with van der Waals surface area (Å²) in [5.41, 5.74) is 11.6. The van der Waals surface area contributed by atoms with Gasteiger partial charge in [-0.25, -0.2) is 4.79 Å². The van der Waals surface area contributed by atoms with Gasteiger partial charge < -0.3 is 21.7 Å². The minimum atomic E-state index is -0.535. The quantitative estimate of drug-likeness (QED) is 0.582. The van der Waals surface area contributed by atoms with Crippen LogP contribution in [0.25, 0.3) is 0 Å². The fourth-order valence-corrected chi connectivity index (χ4v) is 6.05. The summed E-state index contributed by atoms with van der Waals surface area (Å²) in [6.07, 6.45) is 10.9. The van der Waals surface area contributed by atoms with E-state index in [1.54, 1.807) is 0 Å².